The second-order valence-electron chi connectivity index (χ2n) is 7.67. The van der Waals surface area contributed by atoms with Crippen LogP contribution >= 0.6 is 23.2 Å². The fourth-order valence-corrected chi connectivity index (χ4v) is 4.18. The summed E-state index contributed by atoms with van der Waals surface area (Å²) in [6.45, 7) is 2.13. The lowest BCUT2D eigenvalue weighted by Crippen LogP contribution is -2.14. The Labute approximate surface area is 208 Å². The van der Waals surface area contributed by atoms with Gasteiger partial charge in [0.05, 0.1) is 5.02 Å². The summed E-state index contributed by atoms with van der Waals surface area (Å²) in [6, 6.07) is 26.5. The van der Waals surface area contributed by atoms with Gasteiger partial charge in [-0.15, -0.1) is 0 Å². The molecule has 0 spiro atoms. The molecule has 1 N–H and O–H groups in total. The predicted molar refractivity (Wildman–Crippen MR) is 138 cm³/mol. The van der Waals surface area contributed by atoms with Gasteiger partial charge in [-0.3, -0.25) is 4.79 Å². The van der Waals surface area contributed by atoms with E-state index in [9.17, 15) is 10.1 Å². The molecule has 6 heteroatoms. The largest absolute Gasteiger partial charge is 0.487 e. The first kappa shape index (κ1) is 23.4. The Morgan fingerprint density at radius 3 is 2.56 bits per heavy atom. The summed E-state index contributed by atoms with van der Waals surface area (Å²) in [4.78, 5) is 12.8. The fraction of sp³-hybridized carbons (Fsp3) is 0.0714. The van der Waals surface area contributed by atoms with Crippen LogP contribution in [-0.2, 0) is 11.4 Å². The molecule has 0 aliphatic heterocycles. The molecule has 0 heterocycles. The first-order valence-electron chi connectivity index (χ1n) is 10.5. The number of hydrogen-bond acceptors (Lipinski definition) is 3. The zero-order valence-electron chi connectivity index (χ0n) is 18.3. The molecule has 4 aromatic carbocycles. The highest BCUT2D eigenvalue weighted by molar-refractivity contribution is 6.36. The molecule has 0 fully saturated rings. The van der Waals surface area contributed by atoms with Crippen molar-refractivity contribution in [1.29, 1.82) is 5.26 Å². The van der Waals surface area contributed by atoms with E-state index in [4.69, 9.17) is 27.9 Å². The minimum Gasteiger partial charge on any atom is -0.487 e. The second kappa shape index (κ2) is 10.4. The third-order valence-corrected chi connectivity index (χ3v) is 5.85. The Balaban J connectivity index is 1.65. The average Bonchev–Trinajstić information content (AvgIpc) is 2.83. The van der Waals surface area contributed by atoms with E-state index in [0.29, 0.717) is 22.0 Å². The van der Waals surface area contributed by atoms with Crippen molar-refractivity contribution in [3.05, 3.63) is 111 Å². The monoisotopic (exact) mass is 486 g/mol. The number of nitrogens with one attached hydrogen (secondary N) is 1. The van der Waals surface area contributed by atoms with Crippen molar-refractivity contribution in [3.63, 3.8) is 0 Å². The van der Waals surface area contributed by atoms with E-state index < -0.39 is 5.91 Å². The molecule has 0 aliphatic rings. The number of nitriles is 1. The van der Waals surface area contributed by atoms with Gasteiger partial charge >= 0.3 is 0 Å². The Morgan fingerprint density at radius 2 is 1.76 bits per heavy atom. The number of ether oxygens (including phenoxy) is 1. The number of benzene rings is 4. The highest BCUT2D eigenvalue weighted by Gasteiger charge is 2.15. The van der Waals surface area contributed by atoms with E-state index in [1.165, 1.54) is 6.08 Å². The SMILES string of the molecule is Cc1ccccc1NC(=O)/C(C#N)=C/c1cc(Cl)cc(Cl)c1OCc1cccc2ccccc12. The third-order valence-electron chi connectivity index (χ3n) is 5.35. The molecular formula is C28H20Cl2N2O2. The summed E-state index contributed by atoms with van der Waals surface area (Å²) in [5.41, 5.74) is 2.84. The molecule has 4 rings (SSSR count). The quantitative estimate of drug-likeness (QED) is 0.225. The number of anilines is 1. The minimum atomic E-state index is -0.534. The number of halogens is 2. The number of aryl methyl sites for hydroxylation is 1. The number of carbonyl (C=O) groups is 1. The van der Waals surface area contributed by atoms with Gasteiger partial charge in [-0.05, 0) is 53.1 Å². The molecule has 0 atom stereocenters. The number of hydrogen-bond donors (Lipinski definition) is 1. The van der Waals surface area contributed by atoms with E-state index in [0.717, 1.165) is 21.9 Å². The van der Waals surface area contributed by atoms with Crippen LogP contribution in [0.15, 0.2) is 84.4 Å². The van der Waals surface area contributed by atoms with Crippen LogP contribution in [-0.4, -0.2) is 5.91 Å². The van der Waals surface area contributed by atoms with Gasteiger partial charge in [-0.1, -0.05) is 83.9 Å². The smallest absolute Gasteiger partial charge is 0.266 e. The van der Waals surface area contributed by atoms with Crippen LogP contribution in [0.1, 0.15) is 16.7 Å². The molecule has 0 saturated carbocycles. The van der Waals surface area contributed by atoms with Gasteiger partial charge in [0.1, 0.15) is 24.0 Å². The molecule has 1 amide bonds. The highest BCUT2D eigenvalue weighted by Crippen LogP contribution is 2.35. The molecule has 0 aromatic heterocycles. The zero-order valence-corrected chi connectivity index (χ0v) is 19.8. The van der Waals surface area contributed by atoms with Gasteiger partial charge in [0, 0.05) is 16.3 Å². The van der Waals surface area contributed by atoms with Crippen LogP contribution in [0.3, 0.4) is 0 Å². The van der Waals surface area contributed by atoms with E-state index >= 15 is 0 Å². The summed E-state index contributed by atoms with van der Waals surface area (Å²) in [6.07, 6.45) is 1.43. The Kier molecular flexibility index (Phi) is 7.18. The van der Waals surface area contributed by atoms with Crippen LogP contribution in [0.4, 0.5) is 5.69 Å². The summed E-state index contributed by atoms with van der Waals surface area (Å²) in [7, 11) is 0. The number of para-hydroxylation sites is 1. The summed E-state index contributed by atoms with van der Waals surface area (Å²) < 4.78 is 6.10. The Bertz CT molecular complexity index is 1450. The number of rotatable bonds is 6. The maximum absolute atomic E-state index is 12.8. The summed E-state index contributed by atoms with van der Waals surface area (Å²) >= 11 is 12.7. The van der Waals surface area contributed by atoms with Gasteiger partial charge in [0.2, 0.25) is 0 Å². The maximum atomic E-state index is 12.8. The zero-order chi connectivity index (χ0) is 24.1. The molecule has 168 valence electrons. The Hall–Kier alpha value is -3.78. The van der Waals surface area contributed by atoms with Crippen LogP contribution in [0.25, 0.3) is 16.8 Å². The topological polar surface area (TPSA) is 62.1 Å². The second-order valence-corrected chi connectivity index (χ2v) is 8.52. The van der Waals surface area contributed by atoms with Crippen molar-refractivity contribution < 1.29 is 9.53 Å². The normalized spacial score (nSPS) is 11.2. The van der Waals surface area contributed by atoms with Crippen molar-refractivity contribution in [1.82, 2.24) is 0 Å². The molecule has 0 unspecified atom stereocenters. The van der Waals surface area contributed by atoms with Crippen LogP contribution in [0, 0.1) is 18.3 Å². The van der Waals surface area contributed by atoms with E-state index in [2.05, 4.69) is 5.32 Å². The highest BCUT2D eigenvalue weighted by atomic mass is 35.5. The molecule has 0 bridgehead atoms. The number of carbonyl (C=O) groups excluding carboxylic acids is 1. The van der Waals surface area contributed by atoms with Crippen molar-refractivity contribution in [3.8, 4) is 11.8 Å². The van der Waals surface area contributed by atoms with Crippen molar-refractivity contribution in [2.45, 2.75) is 13.5 Å². The number of fused-ring (bicyclic) bond motifs is 1. The van der Waals surface area contributed by atoms with Crippen LogP contribution in [0.2, 0.25) is 10.0 Å². The lowest BCUT2D eigenvalue weighted by molar-refractivity contribution is -0.112. The third kappa shape index (κ3) is 5.23. The van der Waals surface area contributed by atoms with Crippen molar-refractivity contribution in [2.24, 2.45) is 0 Å². The molecule has 0 saturated heterocycles. The van der Waals surface area contributed by atoms with Gasteiger partial charge in [-0.25, -0.2) is 0 Å². The first-order valence-corrected chi connectivity index (χ1v) is 11.3. The van der Waals surface area contributed by atoms with Gasteiger partial charge in [-0.2, -0.15) is 5.26 Å². The first-order chi connectivity index (χ1) is 16.5. The number of amides is 1. The van der Waals surface area contributed by atoms with Gasteiger partial charge in [0.15, 0.2) is 0 Å². The van der Waals surface area contributed by atoms with E-state index in [-0.39, 0.29) is 17.2 Å². The van der Waals surface area contributed by atoms with Crippen molar-refractivity contribution >= 4 is 51.6 Å². The fourth-order valence-electron chi connectivity index (χ4n) is 3.61. The van der Waals surface area contributed by atoms with Crippen LogP contribution in [0.5, 0.6) is 5.75 Å². The summed E-state index contributed by atoms with van der Waals surface area (Å²) in [5, 5.41) is 15.3. The average molecular weight is 487 g/mol. The predicted octanol–water partition coefficient (Wildman–Crippen LogP) is 7.58. The standard InChI is InChI=1S/C28H20Cl2N2O2/c1-18-7-2-5-12-26(18)32-28(33)22(16-31)13-21-14-23(29)15-25(30)27(21)34-17-20-10-6-9-19-8-3-4-11-24(19)20/h2-15H,17H2,1H3,(H,32,33)/b22-13+. The van der Waals surface area contributed by atoms with E-state index in [1.54, 1.807) is 18.2 Å². The van der Waals surface area contributed by atoms with E-state index in [1.807, 2.05) is 73.7 Å². The lowest BCUT2D eigenvalue weighted by Gasteiger charge is -2.14. The van der Waals surface area contributed by atoms with Crippen LogP contribution < -0.4 is 10.1 Å². The molecule has 4 nitrogen and oxygen atoms in total. The lowest BCUT2D eigenvalue weighted by atomic mass is 10.1. The molecule has 34 heavy (non-hydrogen) atoms. The molecule has 0 aliphatic carbocycles. The number of nitrogens with zero attached hydrogens (tertiary/aromatic N) is 1. The molecule has 0 radical (unpaired) electrons. The van der Waals surface area contributed by atoms with Gasteiger partial charge in [0.25, 0.3) is 5.91 Å². The molecular weight excluding hydrogens is 467 g/mol. The minimum absolute atomic E-state index is 0.100. The Morgan fingerprint density at radius 1 is 1.03 bits per heavy atom. The molecule has 4 aromatic rings. The summed E-state index contributed by atoms with van der Waals surface area (Å²) in [5.74, 6) is -0.191. The van der Waals surface area contributed by atoms with Gasteiger partial charge < -0.3 is 10.1 Å². The van der Waals surface area contributed by atoms with Crippen molar-refractivity contribution in [2.75, 3.05) is 5.32 Å². The maximum Gasteiger partial charge on any atom is 0.266 e.